The third kappa shape index (κ3) is 4.25. The van der Waals surface area contributed by atoms with Crippen LogP contribution in [-0.2, 0) is 10.0 Å². The highest BCUT2D eigenvalue weighted by Gasteiger charge is 2.29. The summed E-state index contributed by atoms with van der Waals surface area (Å²) in [7, 11) is -3.85. The lowest BCUT2D eigenvalue weighted by Crippen LogP contribution is -2.32. The van der Waals surface area contributed by atoms with E-state index in [-0.39, 0.29) is 41.9 Å². The topological polar surface area (TPSA) is 116 Å². The van der Waals surface area contributed by atoms with Gasteiger partial charge in [-0.2, -0.15) is 9.40 Å². The van der Waals surface area contributed by atoms with E-state index in [1.54, 1.807) is 26.8 Å². The Kier molecular flexibility index (Phi) is 6.50. The molecule has 148 valence electrons. The number of aromatic amines is 1. The van der Waals surface area contributed by atoms with Crippen LogP contribution < -0.4 is 4.74 Å². The summed E-state index contributed by atoms with van der Waals surface area (Å²) in [4.78, 5) is -0.172. The number of sulfonamides is 1. The molecule has 0 aliphatic heterocycles. The molecule has 2 rings (SSSR count). The third-order valence-corrected chi connectivity index (χ3v) is 6.40. The molecule has 0 spiro atoms. The van der Waals surface area contributed by atoms with Gasteiger partial charge in [0.25, 0.3) is 0 Å². The quantitative estimate of drug-likeness (QED) is 0.583. The maximum atomic E-state index is 12.8. The predicted molar refractivity (Wildman–Crippen MR) is 104 cm³/mol. The molecule has 0 aromatic carbocycles. The van der Waals surface area contributed by atoms with Crippen LogP contribution in [0.3, 0.4) is 0 Å². The van der Waals surface area contributed by atoms with Gasteiger partial charge in [-0.3, -0.25) is 5.10 Å². The molecular formula is C18H25N3O5S. The first-order chi connectivity index (χ1) is 12.8. The molecule has 27 heavy (non-hydrogen) atoms. The van der Waals surface area contributed by atoms with E-state index in [9.17, 15) is 18.6 Å². The molecule has 0 fully saturated rings. The van der Waals surface area contributed by atoms with Crippen LogP contribution in [0.4, 0.5) is 0 Å². The Morgan fingerprint density at radius 1 is 1.41 bits per heavy atom. The van der Waals surface area contributed by atoms with E-state index < -0.39 is 15.8 Å². The molecule has 1 aromatic rings. The average Bonchev–Trinajstić information content (AvgIpc) is 2.99. The summed E-state index contributed by atoms with van der Waals surface area (Å²) in [6, 6.07) is 0. The Bertz CT molecular complexity index is 892. The summed E-state index contributed by atoms with van der Waals surface area (Å²) in [6.45, 7) is 9.44. The minimum atomic E-state index is -3.85. The van der Waals surface area contributed by atoms with Crippen molar-refractivity contribution in [3.05, 3.63) is 53.1 Å². The lowest BCUT2D eigenvalue weighted by molar-refractivity contribution is 0.269. The lowest BCUT2D eigenvalue weighted by Gasteiger charge is -2.20. The van der Waals surface area contributed by atoms with Gasteiger partial charge in [0.15, 0.2) is 5.75 Å². The summed E-state index contributed by atoms with van der Waals surface area (Å²) in [6.07, 6.45) is 5.23. The van der Waals surface area contributed by atoms with Crippen LogP contribution in [0, 0.1) is 0 Å². The van der Waals surface area contributed by atoms with Crippen LogP contribution in [0.5, 0.6) is 5.75 Å². The zero-order valence-corrected chi connectivity index (χ0v) is 16.5. The summed E-state index contributed by atoms with van der Waals surface area (Å²) in [5.74, 6) is -0.409. The number of rotatable bonds is 8. The zero-order chi connectivity index (χ0) is 20.2. The monoisotopic (exact) mass is 395 g/mol. The van der Waals surface area contributed by atoms with Crippen molar-refractivity contribution in [1.29, 1.82) is 0 Å². The van der Waals surface area contributed by atoms with E-state index in [0.717, 1.165) is 6.08 Å². The highest BCUT2D eigenvalue weighted by atomic mass is 32.2. The van der Waals surface area contributed by atoms with E-state index in [1.807, 2.05) is 0 Å². The fourth-order valence-corrected chi connectivity index (χ4v) is 4.29. The van der Waals surface area contributed by atoms with Gasteiger partial charge in [-0.05, 0) is 6.92 Å². The molecule has 0 saturated carbocycles. The first kappa shape index (κ1) is 20.8. The predicted octanol–water partition coefficient (Wildman–Crippen LogP) is 3.03. The Morgan fingerprint density at radius 3 is 2.67 bits per heavy atom. The van der Waals surface area contributed by atoms with Crippen molar-refractivity contribution >= 4 is 15.6 Å². The van der Waals surface area contributed by atoms with Crippen LogP contribution in [0.1, 0.15) is 32.9 Å². The SMILES string of the molecule is C=CC(C)Oc1cn[nH]c1C1=CCC(S(=O)(=O)N(CC)CC)=C(O)C=C1O. The number of hydrogen-bond donors (Lipinski definition) is 3. The number of H-pyrrole nitrogens is 1. The van der Waals surface area contributed by atoms with Crippen molar-refractivity contribution in [2.45, 2.75) is 33.3 Å². The first-order valence-electron chi connectivity index (χ1n) is 8.62. The number of nitrogens with zero attached hydrogens (tertiary/aromatic N) is 2. The van der Waals surface area contributed by atoms with Crippen molar-refractivity contribution in [1.82, 2.24) is 14.5 Å². The van der Waals surface area contributed by atoms with Crippen molar-refractivity contribution in [3.63, 3.8) is 0 Å². The van der Waals surface area contributed by atoms with Crippen molar-refractivity contribution in [2.75, 3.05) is 13.1 Å². The highest BCUT2D eigenvalue weighted by molar-refractivity contribution is 7.93. The van der Waals surface area contributed by atoms with Gasteiger partial charge in [0.2, 0.25) is 10.0 Å². The van der Waals surface area contributed by atoms with Gasteiger partial charge in [0.1, 0.15) is 28.2 Å². The second-order valence-electron chi connectivity index (χ2n) is 5.92. The van der Waals surface area contributed by atoms with E-state index in [2.05, 4.69) is 16.8 Å². The van der Waals surface area contributed by atoms with Crippen molar-refractivity contribution in [3.8, 4) is 5.75 Å². The molecule has 1 aromatic heterocycles. The van der Waals surface area contributed by atoms with Gasteiger partial charge in [0.05, 0.1) is 6.20 Å². The molecule has 0 bridgehead atoms. The highest BCUT2D eigenvalue weighted by Crippen LogP contribution is 2.34. The van der Waals surface area contributed by atoms with Crippen LogP contribution in [0.15, 0.2) is 47.4 Å². The van der Waals surface area contributed by atoms with Crippen molar-refractivity contribution < 1.29 is 23.4 Å². The van der Waals surface area contributed by atoms with Crippen molar-refractivity contribution in [2.24, 2.45) is 0 Å². The molecular weight excluding hydrogens is 370 g/mol. The minimum absolute atomic E-state index is 0.0873. The average molecular weight is 395 g/mol. The first-order valence-corrected chi connectivity index (χ1v) is 10.1. The molecule has 3 N–H and O–H groups in total. The van der Waals surface area contributed by atoms with Gasteiger partial charge in [0, 0.05) is 31.2 Å². The van der Waals surface area contributed by atoms with Crippen LogP contribution in [0.2, 0.25) is 0 Å². The molecule has 8 nitrogen and oxygen atoms in total. The van der Waals surface area contributed by atoms with Gasteiger partial charge in [-0.1, -0.05) is 32.6 Å². The smallest absolute Gasteiger partial charge is 0.243 e. The summed E-state index contributed by atoms with van der Waals surface area (Å²) in [5, 5.41) is 27.4. The van der Waals surface area contributed by atoms with E-state index in [1.165, 1.54) is 16.6 Å². The maximum absolute atomic E-state index is 12.8. The Hall–Kier alpha value is -2.52. The van der Waals surface area contributed by atoms with E-state index in [4.69, 9.17) is 4.74 Å². The van der Waals surface area contributed by atoms with Crippen LogP contribution in [-0.4, -0.2) is 52.3 Å². The van der Waals surface area contributed by atoms with E-state index >= 15 is 0 Å². The third-order valence-electron chi connectivity index (χ3n) is 4.20. The number of nitrogens with one attached hydrogen (secondary N) is 1. The second-order valence-corrected chi connectivity index (χ2v) is 7.88. The molecule has 1 aliphatic carbocycles. The number of aromatic nitrogens is 2. The number of aliphatic hydroxyl groups excluding tert-OH is 2. The van der Waals surface area contributed by atoms with Crippen LogP contribution in [0.25, 0.3) is 5.57 Å². The molecule has 1 unspecified atom stereocenters. The molecule has 0 radical (unpaired) electrons. The largest absolute Gasteiger partial charge is 0.507 e. The number of allylic oxidation sites excluding steroid dienone is 4. The second kappa shape index (κ2) is 8.45. The summed E-state index contributed by atoms with van der Waals surface area (Å²) in [5.41, 5.74) is 0.668. The van der Waals surface area contributed by atoms with Crippen LogP contribution >= 0.6 is 0 Å². The molecule has 1 aliphatic rings. The maximum Gasteiger partial charge on any atom is 0.243 e. The standard InChI is InChI=1S/C18H25N3O5S/c1-5-12(4)26-16-11-19-20-18(16)13-8-9-17(15(23)10-14(13)22)27(24,25)21(6-2)7-3/h5,8,10-12,22-23H,1,6-7,9H2,2-4H3,(H,19,20). The fourth-order valence-electron chi connectivity index (χ4n) is 2.68. The fraction of sp³-hybridized carbons (Fsp3) is 0.389. The van der Waals surface area contributed by atoms with Gasteiger partial charge in [-0.15, -0.1) is 0 Å². The molecule has 1 atom stereocenters. The Balaban J connectivity index is 2.45. The van der Waals surface area contributed by atoms with Gasteiger partial charge >= 0.3 is 0 Å². The molecule has 1 heterocycles. The molecule has 0 saturated heterocycles. The molecule has 0 amide bonds. The van der Waals surface area contributed by atoms with Gasteiger partial charge < -0.3 is 14.9 Å². The van der Waals surface area contributed by atoms with Gasteiger partial charge in [-0.25, -0.2) is 8.42 Å². The number of aliphatic hydroxyl groups is 2. The lowest BCUT2D eigenvalue weighted by atomic mass is 10.1. The Morgan fingerprint density at radius 2 is 2.07 bits per heavy atom. The molecule has 9 heteroatoms. The number of hydrogen-bond acceptors (Lipinski definition) is 6. The Labute approximate surface area is 159 Å². The summed E-state index contributed by atoms with van der Waals surface area (Å²) >= 11 is 0. The van der Waals surface area contributed by atoms with E-state index in [0.29, 0.717) is 11.4 Å². The minimum Gasteiger partial charge on any atom is -0.507 e. The normalized spacial score (nSPS) is 16.6. The number of ether oxygens (including phenoxy) is 1. The summed E-state index contributed by atoms with van der Waals surface area (Å²) < 4.78 is 32.5. The zero-order valence-electron chi connectivity index (χ0n) is 15.6.